The van der Waals surface area contributed by atoms with Gasteiger partial charge in [0.15, 0.2) is 0 Å². The molecule has 0 aliphatic carbocycles. The molecule has 1 unspecified atom stereocenters. The molecule has 4 N–H and O–H groups in total. The van der Waals surface area contributed by atoms with E-state index < -0.39 is 12.0 Å². The van der Waals surface area contributed by atoms with Crippen molar-refractivity contribution in [2.24, 2.45) is 0 Å². The number of aliphatic carboxylic acids is 1. The van der Waals surface area contributed by atoms with E-state index >= 15 is 0 Å². The Balaban J connectivity index is 0.00000484. The zero-order valence-electron chi connectivity index (χ0n) is 13.1. The molecule has 0 bridgehead atoms. The van der Waals surface area contributed by atoms with Crippen molar-refractivity contribution in [2.75, 3.05) is 17.2 Å². The van der Waals surface area contributed by atoms with Gasteiger partial charge in [0.25, 0.3) is 0 Å². The monoisotopic (exact) mass is 343 g/mol. The van der Waals surface area contributed by atoms with Crippen molar-refractivity contribution >= 4 is 41.6 Å². The van der Waals surface area contributed by atoms with Crippen LogP contribution in [0.4, 0.5) is 11.4 Å². The highest BCUT2D eigenvalue weighted by Crippen LogP contribution is 2.14. The van der Waals surface area contributed by atoms with E-state index in [1.165, 1.54) is 6.92 Å². The van der Waals surface area contributed by atoms with Crippen LogP contribution in [0.1, 0.15) is 26.7 Å². The first kappa shape index (κ1) is 20.9. The van der Waals surface area contributed by atoms with E-state index in [9.17, 15) is 14.4 Å². The van der Waals surface area contributed by atoms with E-state index in [1.54, 1.807) is 24.3 Å². The van der Waals surface area contributed by atoms with E-state index in [0.717, 1.165) is 0 Å². The van der Waals surface area contributed by atoms with Gasteiger partial charge in [-0.05, 0) is 24.6 Å². The van der Waals surface area contributed by atoms with Gasteiger partial charge in [-0.1, -0.05) is 19.4 Å². The van der Waals surface area contributed by atoms with Gasteiger partial charge in [-0.3, -0.25) is 19.7 Å². The summed E-state index contributed by atoms with van der Waals surface area (Å²) in [5.41, 5.74) is 1.10. The van der Waals surface area contributed by atoms with Gasteiger partial charge in [-0.2, -0.15) is 0 Å². The number of carboxylic acid groups (broad SMARTS) is 1. The van der Waals surface area contributed by atoms with Gasteiger partial charge in [0.1, 0.15) is 6.04 Å². The molecule has 0 aliphatic rings. The number of hydrogen-bond acceptors (Lipinski definition) is 4. The largest absolute Gasteiger partial charge is 0.480 e. The Morgan fingerprint density at radius 3 is 2.30 bits per heavy atom. The van der Waals surface area contributed by atoms with Crippen LogP contribution in [0, 0.1) is 0 Å². The van der Waals surface area contributed by atoms with Crippen molar-refractivity contribution in [3.8, 4) is 0 Å². The van der Waals surface area contributed by atoms with Crippen molar-refractivity contribution < 1.29 is 19.5 Å². The Morgan fingerprint density at radius 1 is 1.17 bits per heavy atom. The molecule has 0 aliphatic heterocycles. The lowest BCUT2D eigenvalue weighted by Gasteiger charge is -2.13. The fourth-order valence-corrected chi connectivity index (χ4v) is 1.90. The number of nitrogens with one attached hydrogen (secondary N) is 3. The minimum atomic E-state index is -0.970. The number of rotatable bonds is 8. The van der Waals surface area contributed by atoms with E-state index in [2.05, 4.69) is 16.0 Å². The number of carbonyl (C=O) groups is 3. The second-order valence-electron chi connectivity index (χ2n) is 4.87. The Kier molecular flexibility index (Phi) is 9.60. The van der Waals surface area contributed by atoms with Gasteiger partial charge in [-0.15, -0.1) is 12.4 Å². The summed E-state index contributed by atoms with van der Waals surface area (Å²) >= 11 is 0. The van der Waals surface area contributed by atoms with Crippen molar-refractivity contribution in [1.29, 1.82) is 0 Å². The fraction of sp³-hybridized carbons (Fsp3) is 0.400. The first-order valence-corrected chi connectivity index (χ1v) is 7.06. The maximum Gasteiger partial charge on any atom is 0.320 e. The third kappa shape index (κ3) is 8.18. The van der Waals surface area contributed by atoms with Crippen molar-refractivity contribution in [2.45, 2.75) is 32.7 Å². The summed E-state index contributed by atoms with van der Waals surface area (Å²) in [5.74, 6) is -1.52. The molecule has 128 valence electrons. The maximum absolute atomic E-state index is 11.8. The molecule has 0 fully saturated rings. The molecule has 7 nitrogen and oxygen atoms in total. The summed E-state index contributed by atoms with van der Waals surface area (Å²) in [6.07, 6.45) is 1.17. The highest BCUT2D eigenvalue weighted by molar-refractivity contribution is 5.94. The summed E-state index contributed by atoms with van der Waals surface area (Å²) in [7, 11) is 0. The first-order chi connectivity index (χ1) is 10.4. The minimum absolute atomic E-state index is 0. The molecule has 0 radical (unpaired) electrons. The number of anilines is 2. The number of halogens is 1. The predicted octanol–water partition coefficient (Wildman–Crippen LogP) is 1.85. The SMILES string of the molecule is CCCC(NCC(=O)Nc1cccc(NC(C)=O)c1)C(=O)O.Cl. The predicted molar refractivity (Wildman–Crippen MR) is 91.0 cm³/mol. The second-order valence-corrected chi connectivity index (χ2v) is 4.87. The van der Waals surface area contributed by atoms with Crippen LogP contribution in [0.5, 0.6) is 0 Å². The molecular weight excluding hydrogens is 322 g/mol. The van der Waals surface area contributed by atoms with Crippen LogP contribution >= 0.6 is 12.4 Å². The van der Waals surface area contributed by atoms with E-state index in [4.69, 9.17) is 5.11 Å². The van der Waals surface area contributed by atoms with Crippen LogP contribution in [-0.4, -0.2) is 35.5 Å². The summed E-state index contributed by atoms with van der Waals surface area (Å²) in [6.45, 7) is 3.18. The summed E-state index contributed by atoms with van der Waals surface area (Å²) < 4.78 is 0. The van der Waals surface area contributed by atoms with Gasteiger partial charge < -0.3 is 15.7 Å². The molecule has 0 spiro atoms. The molecule has 2 amide bonds. The average Bonchev–Trinajstić information content (AvgIpc) is 2.42. The molecule has 0 saturated carbocycles. The number of hydrogen-bond donors (Lipinski definition) is 4. The number of amides is 2. The van der Waals surface area contributed by atoms with Crippen molar-refractivity contribution in [3.05, 3.63) is 24.3 Å². The van der Waals surface area contributed by atoms with Crippen molar-refractivity contribution in [3.63, 3.8) is 0 Å². The smallest absolute Gasteiger partial charge is 0.320 e. The molecule has 1 aromatic carbocycles. The van der Waals surface area contributed by atoms with E-state index in [-0.39, 0.29) is 30.8 Å². The van der Waals surface area contributed by atoms with E-state index in [1.807, 2.05) is 6.92 Å². The van der Waals surface area contributed by atoms with Crippen LogP contribution in [0.3, 0.4) is 0 Å². The molecule has 1 atom stereocenters. The van der Waals surface area contributed by atoms with Crippen LogP contribution < -0.4 is 16.0 Å². The lowest BCUT2D eigenvalue weighted by molar-refractivity contribution is -0.139. The first-order valence-electron chi connectivity index (χ1n) is 7.06. The Labute approximate surface area is 141 Å². The summed E-state index contributed by atoms with van der Waals surface area (Å²) in [6, 6.07) is 5.98. The lowest BCUT2D eigenvalue weighted by Crippen LogP contribution is -2.41. The van der Waals surface area contributed by atoms with Crippen LogP contribution in [0.2, 0.25) is 0 Å². The number of benzene rings is 1. The number of carbonyl (C=O) groups excluding carboxylic acids is 2. The fourth-order valence-electron chi connectivity index (χ4n) is 1.90. The highest BCUT2D eigenvalue weighted by Gasteiger charge is 2.16. The topological polar surface area (TPSA) is 108 Å². The van der Waals surface area contributed by atoms with Crippen molar-refractivity contribution in [1.82, 2.24) is 5.32 Å². The number of carboxylic acids is 1. The van der Waals surface area contributed by atoms with Crippen LogP contribution in [-0.2, 0) is 14.4 Å². The van der Waals surface area contributed by atoms with Gasteiger partial charge in [-0.25, -0.2) is 0 Å². The third-order valence-corrected chi connectivity index (χ3v) is 2.85. The van der Waals surface area contributed by atoms with Gasteiger partial charge in [0, 0.05) is 18.3 Å². The summed E-state index contributed by atoms with van der Waals surface area (Å²) in [5, 5.41) is 17.0. The van der Waals surface area contributed by atoms with Crippen LogP contribution in [0.25, 0.3) is 0 Å². The molecule has 0 heterocycles. The lowest BCUT2D eigenvalue weighted by atomic mass is 10.1. The van der Waals surface area contributed by atoms with Gasteiger partial charge in [0.2, 0.25) is 11.8 Å². The molecule has 1 aromatic rings. The Hall–Kier alpha value is -2.12. The second kappa shape index (κ2) is 10.6. The minimum Gasteiger partial charge on any atom is -0.480 e. The zero-order valence-corrected chi connectivity index (χ0v) is 13.9. The summed E-state index contributed by atoms with van der Waals surface area (Å²) in [4.78, 5) is 33.8. The van der Waals surface area contributed by atoms with Crippen LogP contribution in [0.15, 0.2) is 24.3 Å². The average molecular weight is 344 g/mol. The maximum atomic E-state index is 11.8. The molecule has 8 heteroatoms. The normalized spacial score (nSPS) is 11.0. The van der Waals surface area contributed by atoms with Gasteiger partial charge >= 0.3 is 5.97 Å². The van der Waals surface area contributed by atoms with E-state index in [0.29, 0.717) is 24.2 Å². The molecule has 0 saturated heterocycles. The Bertz CT molecular complexity index is 551. The Morgan fingerprint density at radius 2 is 1.78 bits per heavy atom. The zero-order chi connectivity index (χ0) is 16.5. The quantitative estimate of drug-likeness (QED) is 0.576. The highest BCUT2D eigenvalue weighted by atomic mass is 35.5. The van der Waals surface area contributed by atoms with Gasteiger partial charge in [0.05, 0.1) is 6.54 Å². The standard InChI is InChI=1S/C15H21N3O4.ClH/c1-3-5-13(15(21)22)16-9-14(20)18-12-7-4-6-11(8-12)17-10(2)19;/h4,6-8,13,16H,3,5,9H2,1-2H3,(H,17,19)(H,18,20)(H,21,22);1H. The molecule has 23 heavy (non-hydrogen) atoms. The molecular formula is C15H22ClN3O4. The molecule has 1 rings (SSSR count). The molecule has 0 aromatic heterocycles. The third-order valence-electron chi connectivity index (χ3n) is 2.85.